The van der Waals surface area contributed by atoms with Gasteiger partial charge in [0, 0.05) is 0 Å². The van der Waals surface area contributed by atoms with Gasteiger partial charge < -0.3 is 10.1 Å². The molecule has 1 N–H and O–H groups in total. The zero-order chi connectivity index (χ0) is 18.8. The van der Waals surface area contributed by atoms with E-state index in [0.29, 0.717) is 5.75 Å². The van der Waals surface area contributed by atoms with Crippen LogP contribution in [0.5, 0.6) is 5.75 Å². The highest BCUT2D eigenvalue weighted by Crippen LogP contribution is 2.26. The summed E-state index contributed by atoms with van der Waals surface area (Å²) in [4.78, 5) is 12.6. The van der Waals surface area contributed by atoms with Crippen LogP contribution in [0.4, 0.5) is 0 Å². The normalized spacial score (nSPS) is 15.2. The molecule has 0 saturated heterocycles. The molecular formula is C24H25NO2. The van der Waals surface area contributed by atoms with Gasteiger partial charge in [-0.25, -0.2) is 0 Å². The van der Waals surface area contributed by atoms with Gasteiger partial charge in [-0.05, 0) is 72.7 Å². The molecule has 0 unspecified atom stereocenters. The van der Waals surface area contributed by atoms with Crippen molar-refractivity contribution in [1.82, 2.24) is 5.32 Å². The molecule has 0 saturated carbocycles. The standard InChI is InChI=1S/C24H25NO2/c1-16(20-11-10-19-8-5-9-21(19)14-20)25-24(26)17(2)27-23-13-12-18-6-3-4-7-22(18)15-23/h3-4,6-7,10-17H,5,8-9H2,1-2H3,(H,25,26)/t16-,17-/m0/s1. The second kappa shape index (κ2) is 7.43. The molecule has 1 amide bonds. The summed E-state index contributed by atoms with van der Waals surface area (Å²) in [6.45, 7) is 3.82. The third-order valence-corrected chi connectivity index (χ3v) is 5.38. The SMILES string of the molecule is C[C@H](Oc1ccc2ccccc2c1)C(=O)N[C@@H](C)c1ccc2c(c1)CCC2. The second-order valence-corrected chi connectivity index (χ2v) is 7.38. The van der Waals surface area contributed by atoms with Crippen LogP contribution in [0, 0.1) is 0 Å². The minimum absolute atomic E-state index is 0.0361. The molecule has 0 aromatic heterocycles. The van der Waals surface area contributed by atoms with Crippen molar-refractivity contribution in [3.8, 4) is 5.75 Å². The fourth-order valence-electron chi connectivity index (χ4n) is 3.77. The Kier molecular flexibility index (Phi) is 4.85. The Bertz CT molecular complexity index is 979. The molecule has 27 heavy (non-hydrogen) atoms. The molecule has 0 radical (unpaired) electrons. The van der Waals surface area contributed by atoms with E-state index in [4.69, 9.17) is 4.74 Å². The molecule has 2 atom stereocenters. The van der Waals surface area contributed by atoms with Crippen LogP contribution in [-0.2, 0) is 17.6 Å². The van der Waals surface area contributed by atoms with Crippen LogP contribution in [0.15, 0.2) is 60.7 Å². The molecule has 1 aliphatic rings. The molecule has 3 aromatic rings. The Labute approximate surface area is 160 Å². The Balaban J connectivity index is 1.40. The van der Waals surface area contributed by atoms with E-state index < -0.39 is 6.10 Å². The molecule has 0 aliphatic heterocycles. The van der Waals surface area contributed by atoms with Crippen molar-refractivity contribution in [3.63, 3.8) is 0 Å². The highest BCUT2D eigenvalue weighted by atomic mass is 16.5. The summed E-state index contributed by atoms with van der Waals surface area (Å²) in [6, 6.07) is 20.6. The smallest absolute Gasteiger partial charge is 0.261 e. The highest BCUT2D eigenvalue weighted by molar-refractivity contribution is 5.84. The molecule has 0 spiro atoms. The van der Waals surface area contributed by atoms with E-state index in [1.807, 2.05) is 43.3 Å². The molecule has 1 aliphatic carbocycles. The Morgan fingerprint density at radius 3 is 2.56 bits per heavy atom. The Hall–Kier alpha value is -2.81. The lowest BCUT2D eigenvalue weighted by molar-refractivity contribution is -0.127. The van der Waals surface area contributed by atoms with Crippen LogP contribution in [0.1, 0.15) is 43.0 Å². The fraction of sp³-hybridized carbons (Fsp3) is 0.292. The summed E-state index contributed by atoms with van der Waals surface area (Å²) in [5, 5.41) is 5.35. The van der Waals surface area contributed by atoms with Gasteiger partial charge in [-0.2, -0.15) is 0 Å². The minimum atomic E-state index is -0.553. The van der Waals surface area contributed by atoms with E-state index in [1.54, 1.807) is 6.92 Å². The maximum atomic E-state index is 12.6. The maximum absolute atomic E-state index is 12.6. The van der Waals surface area contributed by atoms with Crippen LogP contribution >= 0.6 is 0 Å². The molecule has 0 heterocycles. The van der Waals surface area contributed by atoms with Crippen LogP contribution < -0.4 is 10.1 Å². The van der Waals surface area contributed by atoms with Gasteiger partial charge in [0.25, 0.3) is 5.91 Å². The number of aryl methyl sites for hydroxylation is 2. The zero-order valence-corrected chi connectivity index (χ0v) is 15.9. The first kappa shape index (κ1) is 17.6. The second-order valence-electron chi connectivity index (χ2n) is 7.38. The van der Waals surface area contributed by atoms with E-state index in [9.17, 15) is 4.79 Å². The Morgan fingerprint density at radius 1 is 0.926 bits per heavy atom. The number of fused-ring (bicyclic) bond motifs is 2. The fourth-order valence-corrected chi connectivity index (χ4v) is 3.77. The highest BCUT2D eigenvalue weighted by Gasteiger charge is 2.19. The Morgan fingerprint density at radius 2 is 1.70 bits per heavy atom. The van der Waals surface area contributed by atoms with E-state index >= 15 is 0 Å². The van der Waals surface area contributed by atoms with Gasteiger partial charge in [-0.1, -0.05) is 48.5 Å². The van der Waals surface area contributed by atoms with Crippen molar-refractivity contribution in [3.05, 3.63) is 77.4 Å². The lowest BCUT2D eigenvalue weighted by Gasteiger charge is -2.20. The first-order valence-corrected chi connectivity index (χ1v) is 9.68. The average Bonchev–Trinajstić information content (AvgIpc) is 3.15. The van der Waals surface area contributed by atoms with Crippen molar-refractivity contribution in [2.75, 3.05) is 0 Å². The van der Waals surface area contributed by atoms with Gasteiger partial charge in [-0.3, -0.25) is 4.79 Å². The number of amides is 1. The zero-order valence-electron chi connectivity index (χ0n) is 15.9. The molecule has 3 nitrogen and oxygen atoms in total. The average molecular weight is 359 g/mol. The predicted octanol–water partition coefficient (Wildman–Crippen LogP) is 4.97. The van der Waals surface area contributed by atoms with Crippen LogP contribution in [-0.4, -0.2) is 12.0 Å². The quantitative estimate of drug-likeness (QED) is 0.698. The summed E-state index contributed by atoms with van der Waals surface area (Å²) in [5.41, 5.74) is 4.03. The number of ether oxygens (including phenoxy) is 1. The molecule has 3 aromatic carbocycles. The number of rotatable bonds is 5. The molecule has 0 fully saturated rings. The van der Waals surface area contributed by atoms with Crippen molar-refractivity contribution in [2.45, 2.75) is 45.3 Å². The van der Waals surface area contributed by atoms with E-state index in [-0.39, 0.29) is 11.9 Å². The van der Waals surface area contributed by atoms with E-state index in [1.165, 1.54) is 24.0 Å². The van der Waals surface area contributed by atoms with E-state index in [0.717, 1.165) is 22.8 Å². The van der Waals surface area contributed by atoms with Crippen molar-refractivity contribution in [1.29, 1.82) is 0 Å². The number of hydrogen-bond acceptors (Lipinski definition) is 2. The summed E-state index contributed by atoms with van der Waals surface area (Å²) < 4.78 is 5.88. The number of benzene rings is 3. The lowest BCUT2D eigenvalue weighted by atomic mass is 10.0. The lowest BCUT2D eigenvalue weighted by Crippen LogP contribution is -2.37. The van der Waals surface area contributed by atoms with Gasteiger partial charge in [0.15, 0.2) is 6.10 Å². The third kappa shape index (κ3) is 3.82. The summed E-state index contributed by atoms with van der Waals surface area (Å²) in [7, 11) is 0. The van der Waals surface area contributed by atoms with Crippen molar-refractivity contribution >= 4 is 16.7 Å². The van der Waals surface area contributed by atoms with Crippen molar-refractivity contribution in [2.24, 2.45) is 0 Å². The molecular weight excluding hydrogens is 334 g/mol. The predicted molar refractivity (Wildman–Crippen MR) is 109 cm³/mol. The summed E-state index contributed by atoms with van der Waals surface area (Å²) >= 11 is 0. The first-order chi connectivity index (χ1) is 13.1. The summed E-state index contributed by atoms with van der Waals surface area (Å²) in [6.07, 6.45) is 3.00. The molecule has 0 bridgehead atoms. The van der Waals surface area contributed by atoms with Crippen LogP contribution in [0.3, 0.4) is 0 Å². The number of carbonyl (C=O) groups is 1. The number of nitrogens with one attached hydrogen (secondary N) is 1. The van der Waals surface area contributed by atoms with Gasteiger partial charge >= 0.3 is 0 Å². The third-order valence-electron chi connectivity index (χ3n) is 5.38. The number of hydrogen-bond donors (Lipinski definition) is 1. The first-order valence-electron chi connectivity index (χ1n) is 9.68. The summed E-state index contributed by atoms with van der Waals surface area (Å²) in [5.74, 6) is 0.609. The van der Waals surface area contributed by atoms with Gasteiger partial charge in [0.2, 0.25) is 0 Å². The molecule has 138 valence electrons. The molecule has 4 rings (SSSR count). The van der Waals surface area contributed by atoms with Gasteiger partial charge in [0.1, 0.15) is 5.75 Å². The minimum Gasteiger partial charge on any atom is -0.481 e. The van der Waals surface area contributed by atoms with Gasteiger partial charge in [0.05, 0.1) is 6.04 Å². The van der Waals surface area contributed by atoms with Crippen molar-refractivity contribution < 1.29 is 9.53 Å². The van der Waals surface area contributed by atoms with Crippen LogP contribution in [0.25, 0.3) is 10.8 Å². The maximum Gasteiger partial charge on any atom is 0.261 e. The van der Waals surface area contributed by atoms with E-state index in [2.05, 4.69) is 29.6 Å². The largest absolute Gasteiger partial charge is 0.481 e. The monoisotopic (exact) mass is 359 g/mol. The number of carbonyl (C=O) groups excluding carboxylic acids is 1. The van der Waals surface area contributed by atoms with Crippen LogP contribution in [0.2, 0.25) is 0 Å². The molecule has 3 heteroatoms. The topological polar surface area (TPSA) is 38.3 Å². The van der Waals surface area contributed by atoms with Gasteiger partial charge in [-0.15, -0.1) is 0 Å².